The molecule has 0 spiro atoms. The Hall–Kier alpha value is -0.120. The molecule has 0 aromatic rings. The Labute approximate surface area is 55.4 Å². The van der Waals surface area contributed by atoms with Crippen molar-refractivity contribution in [3.63, 3.8) is 0 Å². The number of hydrazine groups is 1. The van der Waals surface area contributed by atoms with E-state index in [1.54, 1.807) is 0 Å². The van der Waals surface area contributed by atoms with E-state index in [1.807, 2.05) is 5.01 Å². The van der Waals surface area contributed by atoms with Crippen LogP contribution in [0, 0.1) is 0 Å². The molecule has 2 rings (SSSR count). The summed E-state index contributed by atoms with van der Waals surface area (Å²) < 4.78 is 0. The van der Waals surface area contributed by atoms with Crippen molar-refractivity contribution in [1.82, 2.24) is 9.91 Å². The summed E-state index contributed by atoms with van der Waals surface area (Å²) >= 11 is 0. The highest BCUT2D eigenvalue weighted by atomic mass is 15.5. The van der Waals surface area contributed by atoms with Gasteiger partial charge in [0.15, 0.2) is 0 Å². The van der Waals surface area contributed by atoms with Crippen molar-refractivity contribution in [2.45, 2.75) is 12.5 Å². The third kappa shape index (κ3) is 0.852. The van der Waals surface area contributed by atoms with Crippen molar-refractivity contribution in [2.24, 2.45) is 5.84 Å². The summed E-state index contributed by atoms with van der Waals surface area (Å²) in [6, 6.07) is 0.666. The van der Waals surface area contributed by atoms with Gasteiger partial charge in [0, 0.05) is 25.7 Å². The first-order valence-corrected chi connectivity index (χ1v) is 3.60. The minimum atomic E-state index is 0.666. The number of hydrogen-bond acceptors (Lipinski definition) is 3. The van der Waals surface area contributed by atoms with Crippen LogP contribution < -0.4 is 5.84 Å². The monoisotopic (exact) mass is 127 g/mol. The Kier molecular flexibility index (Phi) is 1.22. The summed E-state index contributed by atoms with van der Waals surface area (Å²) in [7, 11) is 0. The van der Waals surface area contributed by atoms with E-state index in [0.717, 1.165) is 6.54 Å². The Morgan fingerprint density at radius 3 is 2.89 bits per heavy atom. The molecule has 2 atom stereocenters. The average molecular weight is 127 g/mol. The molecule has 52 valence electrons. The summed E-state index contributed by atoms with van der Waals surface area (Å²) in [6.45, 7) is 4.70. The standard InChI is InChI=1S/C6H13N3/c7-9-4-3-8-2-1-6(9)5-8/h6H,1-5,7H2. The van der Waals surface area contributed by atoms with Gasteiger partial charge in [0.25, 0.3) is 0 Å². The van der Waals surface area contributed by atoms with Gasteiger partial charge < -0.3 is 4.90 Å². The van der Waals surface area contributed by atoms with Crippen molar-refractivity contribution in [3.05, 3.63) is 0 Å². The Morgan fingerprint density at radius 1 is 1.22 bits per heavy atom. The molecule has 2 fully saturated rings. The van der Waals surface area contributed by atoms with E-state index >= 15 is 0 Å². The lowest BCUT2D eigenvalue weighted by molar-refractivity contribution is 0.137. The van der Waals surface area contributed by atoms with Crippen LogP contribution in [-0.4, -0.2) is 42.1 Å². The number of nitrogens with zero attached hydrogens (tertiary/aromatic N) is 2. The van der Waals surface area contributed by atoms with E-state index in [4.69, 9.17) is 5.84 Å². The number of piperazine rings is 1. The minimum absolute atomic E-state index is 0.666. The second-order valence-electron chi connectivity index (χ2n) is 2.98. The van der Waals surface area contributed by atoms with Gasteiger partial charge in [0.1, 0.15) is 0 Å². The molecule has 2 N–H and O–H groups in total. The smallest absolute Gasteiger partial charge is 0.0381 e. The molecule has 2 heterocycles. The largest absolute Gasteiger partial charge is 0.300 e. The zero-order valence-corrected chi connectivity index (χ0v) is 5.58. The van der Waals surface area contributed by atoms with Crippen molar-refractivity contribution in [3.8, 4) is 0 Å². The van der Waals surface area contributed by atoms with Gasteiger partial charge in [-0.15, -0.1) is 0 Å². The lowest BCUT2D eigenvalue weighted by Gasteiger charge is -2.30. The fraction of sp³-hybridized carbons (Fsp3) is 1.00. The van der Waals surface area contributed by atoms with Crippen LogP contribution in [0.15, 0.2) is 0 Å². The molecule has 0 radical (unpaired) electrons. The van der Waals surface area contributed by atoms with Crippen LogP contribution in [0.25, 0.3) is 0 Å². The van der Waals surface area contributed by atoms with E-state index in [-0.39, 0.29) is 0 Å². The highest BCUT2D eigenvalue weighted by Crippen LogP contribution is 2.16. The van der Waals surface area contributed by atoms with E-state index in [0.29, 0.717) is 6.04 Å². The maximum atomic E-state index is 5.72. The molecule has 3 heteroatoms. The van der Waals surface area contributed by atoms with Crippen LogP contribution in [0.1, 0.15) is 6.42 Å². The molecule has 2 aliphatic rings. The molecule has 0 saturated carbocycles. The summed E-state index contributed by atoms with van der Waals surface area (Å²) in [5.74, 6) is 5.72. The van der Waals surface area contributed by atoms with Crippen LogP contribution >= 0.6 is 0 Å². The molecular formula is C6H13N3. The van der Waals surface area contributed by atoms with Gasteiger partial charge in [0.2, 0.25) is 0 Å². The van der Waals surface area contributed by atoms with E-state index in [9.17, 15) is 0 Å². The highest BCUT2D eigenvalue weighted by molar-refractivity contribution is 4.85. The molecule has 0 amide bonds. The predicted molar refractivity (Wildman–Crippen MR) is 35.7 cm³/mol. The number of rotatable bonds is 0. The summed E-state index contributed by atoms with van der Waals surface area (Å²) in [5.41, 5.74) is 0. The summed E-state index contributed by atoms with van der Waals surface area (Å²) in [4.78, 5) is 2.48. The number of hydrogen-bond donors (Lipinski definition) is 1. The highest BCUT2D eigenvalue weighted by Gasteiger charge is 2.30. The first-order chi connectivity index (χ1) is 4.36. The molecule has 2 saturated heterocycles. The minimum Gasteiger partial charge on any atom is -0.300 e. The molecule has 0 aromatic carbocycles. The van der Waals surface area contributed by atoms with Gasteiger partial charge in [0.05, 0.1) is 0 Å². The van der Waals surface area contributed by atoms with Crippen molar-refractivity contribution in [1.29, 1.82) is 0 Å². The predicted octanol–water partition coefficient (Wildman–Crippen LogP) is -0.750. The van der Waals surface area contributed by atoms with Gasteiger partial charge in [-0.2, -0.15) is 0 Å². The van der Waals surface area contributed by atoms with Gasteiger partial charge in [-0.1, -0.05) is 0 Å². The normalized spacial score (nSPS) is 43.7. The molecule has 0 aliphatic carbocycles. The Bertz CT molecular complexity index is 115. The Balaban J connectivity index is 2.05. The van der Waals surface area contributed by atoms with E-state index in [1.165, 1.54) is 26.1 Å². The maximum absolute atomic E-state index is 5.72. The lowest BCUT2D eigenvalue weighted by Crippen LogP contribution is -2.50. The van der Waals surface area contributed by atoms with Crippen molar-refractivity contribution in [2.75, 3.05) is 26.2 Å². The van der Waals surface area contributed by atoms with Crippen molar-refractivity contribution >= 4 is 0 Å². The SMILES string of the molecule is NN1CCN2CCC1C2. The molecule has 0 aromatic heterocycles. The van der Waals surface area contributed by atoms with Gasteiger partial charge >= 0.3 is 0 Å². The van der Waals surface area contributed by atoms with Crippen LogP contribution in [0.3, 0.4) is 0 Å². The van der Waals surface area contributed by atoms with Gasteiger partial charge in [-0.25, -0.2) is 5.01 Å². The summed E-state index contributed by atoms with van der Waals surface area (Å²) in [5, 5.41) is 1.99. The molecule has 2 aliphatic heterocycles. The zero-order valence-electron chi connectivity index (χ0n) is 5.58. The Morgan fingerprint density at radius 2 is 2.11 bits per heavy atom. The fourth-order valence-corrected chi connectivity index (χ4v) is 1.73. The average Bonchev–Trinajstić information content (AvgIpc) is 2.25. The van der Waals surface area contributed by atoms with Gasteiger partial charge in [-0.05, 0) is 13.0 Å². The van der Waals surface area contributed by atoms with Crippen molar-refractivity contribution < 1.29 is 0 Å². The van der Waals surface area contributed by atoms with Gasteiger partial charge in [-0.3, -0.25) is 5.84 Å². The number of nitrogens with two attached hydrogens (primary N) is 1. The van der Waals surface area contributed by atoms with Crippen LogP contribution in [0.5, 0.6) is 0 Å². The zero-order chi connectivity index (χ0) is 6.27. The molecular weight excluding hydrogens is 114 g/mol. The van der Waals surface area contributed by atoms with E-state index < -0.39 is 0 Å². The molecule has 2 bridgehead atoms. The molecule has 9 heavy (non-hydrogen) atoms. The lowest BCUT2D eigenvalue weighted by atomic mass is 10.2. The topological polar surface area (TPSA) is 32.5 Å². The fourth-order valence-electron chi connectivity index (χ4n) is 1.73. The first-order valence-electron chi connectivity index (χ1n) is 3.60. The third-order valence-corrected chi connectivity index (χ3v) is 2.39. The van der Waals surface area contributed by atoms with E-state index in [2.05, 4.69) is 4.90 Å². The second-order valence-corrected chi connectivity index (χ2v) is 2.98. The quantitative estimate of drug-likeness (QED) is 0.435. The first kappa shape index (κ1) is 5.65. The van der Waals surface area contributed by atoms with Crippen LogP contribution in [-0.2, 0) is 0 Å². The molecule has 3 nitrogen and oxygen atoms in total. The second kappa shape index (κ2) is 1.94. The number of fused-ring (bicyclic) bond motifs is 2. The molecule has 2 unspecified atom stereocenters. The third-order valence-electron chi connectivity index (χ3n) is 2.39. The van der Waals surface area contributed by atoms with Crippen LogP contribution in [0.2, 0.25) is 0 Å². The van der Waals surface area contributed by atoms with Crippen LogP contribution in [0.4, 0.5) is 0 Å². The maximum Gasteiger partial charge on any atom is 0.0381 e. The summed E-state index contributed by atoms with van der Waals surface area (Å²) in [6.07, 6.45) is 1.27.